The molecule has 1 aliphatic carbocycles. The molecule has 8 nitrogen and oxygen atoms in total. The molecule has 1 amide bonds. The number of carbonyl (C=O) groups excluding carboxylic acids is 1. The van der Waals surface area contributed by atoms with Crippen LogP contribution in [0.5, 0.6) is 0 Å². The van der Waals surface area contributed by atoms with E-state index < -0.39 is 11.9 Å². The number of primary amides is 1. The molecule has 0 spiro atoms. The third-order valence-corrected chi connectivity index (χ3v) is 4.98. The minimum atomic E-state index is -1.07. The molecule has 9 heteroatoms. The fourth-order valence-electron chi connectivity index (χ4n) is 3.45. The lowest BCUT2D eigenvalue weighted by Crippen LogP contribution is -2.17. The molecule has 4 rings (SSSR count). The summed E-state index contributed by atoms with van der Waals surface area (Å²) in [5.41, 5.74) is 8.91. The van der Waals surface area contributed by atoms with Gasteiger partial charge in [0.05, 0.1) is 16.9 Å². The van der Waals surface area contributed by atoms with Gasteiger partial charge in [0, 0.05) is 34.3 Å². The van der Waals surface area contributed by atoms with Crippen LogP contribution < -0.4 is 5.73 Å². The van der Waals surface area contributed by atoms with E-state index in [9.17, 15) is 14.7 Å². The van der Waals surface area contributed by atoms with E-state index in [0.717, 1.165) is 24.1 Å². The Morgan fingerprint density at radius 1 is 1.22 bits per heavy atom. The summed E-state index contributed by atoms with van der Waals surface area (Å²) in [4.78, 5) is 36.3. The number of carboxylic acid groups (broad SMARTS) is 1. The van der Waals surface area contributed by atoms with Crippen LogP contribution in [0.4, 0.5) is 0 Å². The zero-order chi connectivity index (χ0) is 19.1. The van der Waals surface area contributed by atoms with Crippen molar-refractivity contribution in [2.24, 2.45) is 5.73 Å². The molecule has 3 aromatic heterocycles. The number of nitrogens with zero attached hydrogens (tertiary/aromatic N) is 4. The molecule has 1 aliphatic rings. The maximum Gasteiger partial charge on any atom is 0.337 e. The first-order chi connectivity index (χ1) is 13.0. The molecule has 0 fully saturated rings. The van der Waals surface area contributed by atoms with Crippen molar-refractivity contribution >= 4 is 27.8 Å². The molecule has 0 saturated heterocycles. The molecular formula is C18H14BrN5O3. The Morgan fingerprint density at radius 3 is 2.78 bits per heavy atom. The van der Waals surface area contributed by atoms with Crippen molar-refractivity contribution in [1.29, 1.82) is 0 Å². The minimum absolute atomic E-state index is 0.0695. The molecule has 0 radical (unpaired) electrons. The van der Waals surface area contributed by atoms with Gasteiger partial charge in [0.2, 0.25) is 0 Å². The zero-order valence-corrected chi connectivity index (χ0v) is 15.6. The highest BCUT2D eigenvalue weighted by Gasteiger charge is 2.28. The van der Waals surface area contributed by atoms with Crippen molar-refractivity contribution in [1.82, 2.24) is 19.5 Å². The third-order valence-electron chi connectivity index (χ3n) is 4.55. The number of aromatic carboxylic acids is 1. The van der Waals surface area contributed by atoms with Crippen LogP contribution in [-0.2, 0) is 12.8 Å². The molecule has 0 aliphatic heterocycles. The van der Waals surface area contributed by atoms with Gasteiger partial charge in [-0.05, 0) is 46.8 Å². The molecular weight excluding hydrogens is 414 g/mol. The number of nitrogens with two attached hydrogens (primary N) is 1. The lowest BCUT2D eigenvalue weighted by Gasteiger charge is -2.12. The molecule has 0 atom stereocenters. The Morgan fingerprint density at radius 2 is 2.04 bits per heavy atom. The molecule has 136 valence electrons. The smallest absolute Gasteiger partial charge is 0.337 e. The van der Waals surface area contributed by atoms with Crippen LogP contribution in [0.1, 0.15) is 38.5 Å². The predicted molar refractivity (Wildman–Crippen MR) is 99.8 cm³/mol. The van der Waals surface area contributed by atoms with E-state index in [1.54, 1.807) is 16.8 Å². The number of amides is 1. The van der Waals surface area contributed by atoms with Crippen molar-refractivity contribution in [2.75, 3.05) is 0 Å². The average Bonchev–Trinajstić information content (AvgIpc) is 2.91. The van der Waals surface area contributed by atoms with Crippen LogP contribution in [0.25, 0.3) is 16.9 Å². The standard InChI is InChI=1S/C18H14BrN5O3/c19-10-4-13(16(17(20)25)22-6-10)24-7-11(18(26)27)14-12(24)3-1-2-9-5-21-8-23-15(9)14/h4-8H,1-3H2,(H2,20,25)(H,26,27). The van der Waals surface area contributed by atoms with Crippen LogP contribution in [-0.4, -0.2) is 36.5 Å². The summed E-state index contributed by atoms with van der Waals surface area (Å²) in [6.07, 6.45) is 8.26. The highest BCUT2D eigenvalue weighted by Crippen LogP contribution is 2.37. The summed E-state index contributed by atoms with van der Waals surface area (Å²) >= 11 is 3.35. The predicted octanol–water partition coefficient (Wildman–Crippen LogP) is 2.38. The number of hydrogen-bond donors (Lipinski definition) is 2. The lowest BCUT2D eigenvalue weighted by molar-refractivity contribution is 0.0697. The Kier molecular flexibility index (Phi) is 4.23. The van der Waals surface area contributed by atoms with Gasteiger partial charge >= 0.3 is 5.97 Å². The second kappa shape index (κ2) is 6.58. The maximum absolute atomic E-state index is 12.0. The number of carbonyl (C=O) groups is 2. The molecule has 3 heterocycles. The maximum atomic E-state index is 12.0. The van der Waals surface area contributed by atoms with Gasteiger partial charge in [-0.1, -0.05) is 0 Å². The van der Waals surface area contributed by atoms with Crippen molar-refractivity contribution < 1.29 is 14.7 Å². The Balaban J connectivity index is 2.06. The van der Waals surface area contributed by atoms with E-state index in [0.29, 0.717) is 27.8 Å². The third kappa shape index (κ3) is 2.89. The van der Waals surface area contributed by atoms with E-state index in [1.165, 1.54) is 18.7 Å². The number of halogens is 1. The topological polar surface area (TPSA) is 124 Å². The quantitative estimate of drug-likeness (QED) is 0.660. The monoisotopic (exact) mass is 427 g/mol. The summed E-state index contributed by atoms with van der Waals surface area (Å²) < 4.78 is 2.34. The van der Waals surface area contributed by atoms with Gasteiger partial charge in [0.25, 0.3) is 5.91 Å². The van der Waals surface area contributed by atoms with E-state index in [1.807, 2.05) is 0 Å². The fraction of sp³-hybridized carbons (Fsp3) is 0.167. The van der Waals surface area contributed by atoms with Gasteiger partial charge < -0.3 is 15.4 Å². The Labute approximate surface area is 162 Å². The second-order valence-electron chi connectivity index (χ2n) is 6.18. The van der Waals surface area contributed by atoms with Gasteiger partial charge in [-0.2, -0.15) is 0 Å². The van der Waals surface area contributed by atoms with Crippen molar-refractivity contribution in [3.63, 3.8) is 0 Å². The van der Waals surface area contributed by atoms with Gasteiger partial charge in [-0.25, -0.2) is 19.7 Å². The van der Waals surface area contributed by atoms with E-state index >= 15 is 0 Å². The van der Waals surface area contributed by atoms with Crippen LogP contribution in [0, 0.1) is 0 Å². The highest BCUT2D eigenvalue weighted by atomic mass is 79.9. The van der Waals surface area contributed by atoms with Crippen LogP contribution in [0.2, 0.25) is 0 Å². The number of fused-ring (bicyclic) bond motifs is 3. The van der Waals surface area contributed by atoms with Crippen molar-refractivity contribution in [3.05, 3.63) is 58.0 Å². The SMILES string of the molecule is NC(=O)c1ncc(Br)cc1-n1cc(C(=O)O)c2c1CCCc1cncnc1-2. The largest absolute Gasteiger partial charge is 0.478 e. The molecule has 0 bridgehead atoms. The molecule has 3 aromatic rings. The second-order valence-corrected chi connectivity index (χ2v) is 7.09. The summed E-state index contributed by atoms with van der Waals surface area (Å²) in [7, 11) is 0. The Hall–Kier alpha value is -3.07. The van der Waals surface area contributed by atoms with E-state index in [4.69, 9.17) is 5.73 Å². The first kappa shape index (κ1) is 17.3. The van der Waals surface area contributed by atoms with Crippen molar-refractivity contribution in [3.8, 4) is 16.9 Å². The molecule has 27 heavy (non-hydrogen) atoms. The van der Waals surface area contributed by atoms with Crippen LogP contribution >= 0.6 is 15.9 Å². The summed E-state index contributed by atoms with van der Waals surface area (Å²) in [6, 6.07) is 1.70. The first-order valence-electron chi connectivity index (χ1n) is 8.20. The fourth-order valence-corrected chi connectivity index (χ4v) is 3.77. The zero-order valence-electron chi connectivity index (χ0n) is 14.0. The summed E-state index contributed by atoms with van der Waals surface area (Å²) in [5, 5.41) is 9.78. The lowest BCUT2D eigenvalue weighted by atomic mass is 10.0. The first-order valence-corrected chi connectivity index (χ1v) is 8.99. The van der Waals surface area contributed by atoms with Gasteiger partial charge in [-0.15, -0.1) is 0 Å². The number of aryl methyl sites for hydroxylation is 1. The number of carboxylic acids is 1. The molecule has 0 unspecified atom stereocenters. The highest BCUT2D eigenvalue weighted by molar-refractivity contribution is 9.10. The minimum Gasteiger partial charge on any atom is -0.478 e. The van der Waals surface area contributed by atoms with Crippen LogP contribution in [0.3, 0.4) is 0 Å². The number of pyridine rings is 1. The number of aromatic nitrogens is 4. The molecule has 0 saturated carbocycles. The molecule has 3 N–H and O–H groups in total. The normalized spacial score (nSPS) is 12.8. The average molecular weight is 428 g/mol. The van der Waals surface area contributed by atoms with Gasteiger partial charge in [-0.3, -0.25) is 4.79 Å². The van der Waals surface area contributed by atoms with Gasteiger partial charge in [0.1, 0.15) is 6.33 Å². The van der Waals surface area contributed by atoms with E-state index in [-0.39, 0.29) is 11.3 Å². The van der Waals surface area contributed by atoms with Gasteiger partial charge in [0.15, 0.2) is 5.69 Å². The number of rotatable bonds is 3. The molecule has 0 aromatic carbocycles. The number of hydrogen-bond acceptors (Lipinski definition) is 5. The Bertz CT molecular complexity index is 1090. The van der Waals surface area contributed by atoms with Crippen LogP contribution in [0.15, 0.2) is 35.5 Å². The van der Waals surface area contributed by atoms with E-state index in [2.05, 4.69) is 30.9 Å². The summed E-state index contributed by atoms with van der Waals surface area (Å²) in [5.74, 6) is -1.76. The van der Waals surface area contributed by atoms with Crippen molar-refractivity contribution in [2.45, 2.75) is 19.3 Å². The summed E-state index contributed by atoms with van der Waals surface area (Å²) in [6.45, 7) is 0.